The quantitative estimate of drug-likeness (QED) is 0.550. The van der Waals surface area contributed by atoms with Crippen molar-refractivity contribution in [2.75, 3.05) is 63.1 Å². The van der Waals surface area contributed by atoms with E-state index in [0.29, 0.717) is 26.3 Å². The third kappa shape index (κ3) is 7.08. The van der Waals surface area contributed by atoms with Crippen LogP contribution in [0.5, 0.6) is 0 Å². The molecular weight excluding hydrogens is 458 g/mol. The number of anilines is 2. The third-order valence-corrected chi connectivity index (χ3v) is 6.34. The summed E-state index contributed by atoms with van der Waals surface area (Å²) in [7, 11) is 0. The molecule has 0 bridgehead atoms. The van der Waals surface area contributed by atoms with Crippen molar-refractivity contribution in [2.24, 2.45) is 0 Å². The lowest BCUT2D eigenvalue weighted by atomic mass is 10.1. The number of aromatic nitrogens is 3. The molecule has 192 valence electrons. The van der Waals surface area contributed by atoms with Gasteiger partial charge in [0.2, 0.25) is 11.9 Å². The molecule has 0 saturated carbocycles. The van der Waals surface area contributed by atoms with Crippen LogP contribution in [0.15, 0.2) is 36.2 Å². The van der Waals surface area contributed by atoms with Crippen LogP contribution in [0.3, 0.4) is 0 Å². The van der Waals surface area contributed by atoms with Crippen molar-refractivity contribution < 1.29 is 14.3 Å². The zero-order chi connectivity index (χ0) is 25.5. The second kappa shape index (κ2) is 12.0. The number of nitrogens with zero attached hydrogens (tertiary/aromatic N) is 6. The van der Waals surface area contributed by atoms with Gasteiger partial charge in [0, 0.05) is 76.6 Å². The number of hydrogen-bond acceptors (Lipinski definition) is 9. The number of morpholine rings is 1. The summed E-state index contributed by atoms with van der Waals surface area (Å²) in [5, 5.41) is 0. The number of nitrogen functional groups attached to an aromatic ring is 1. The molecule has 4 rings (SSSR count). The largest absolute Gasteiger partial charge is 0.378 e. The van der Waals surface area contributed by atoms with Crippen LogP contribution in [-0.2, 0) is 20.9 Å². The van der Waals surface area contributed by atoms with Gasteiger partial charge in [0.25, 0.3) is 0 Å². The molecule has 2 saturated heterocycles. The number of nitrogens with two attached hydrogens (primary N) is 1. The first kappa shape index (κ1) is 25.7. The van der Waals surface area contributed by atoms with Crippen LogP contribution in [0.4, 0.5) is 11.8 Å². The van der Waals surface area contributed by atoms with E-state index in [4.69, 9.17) is 15.5 Å². The van der Waals surface area contributed by atoms with Crippen molar-refractivity contribution >= 4 is 23.5 Å². The minimum Gasteiger partial charge on any atom is -0.378 e. The minimum absolute atomic E-state index is 0.0121. The van der Waals surface area contributed by atoms with E-state index in [-0.39, 0.29) is 30.5 Å². The number of carbonyl (C=O) groups is 2. The zero-order valence-electron chi connectivity index (χ0n) is 21.2. The van der Waals surface area contributed by atoms with E-state index in [1.54, 1.807) is 18.5 Å². The zero-order valence-corrected chi connectivity index (χ0v) is 21.2. The SMILES string of the molecule is CC(C)=CC(=O)CCC(=O)N1CCN(Cc2cc(-c3cnc(N)nc3)nc(N3CCOCC3)c2)CC1. The summed E-state index contributed by atoms with van der Waals surface area (Å²) >= 11 is 0. The molecule has 4 heterocycles. The lowest BCUT2D eigenvalue weighted by Crippen LogP contribution is -2.48. The van der Waals surface area contributed by atoms with Crippen molar-refractivity contribution in [1.82, 2.24) is 24.8 Å². The fourth-order valence-electron chi connectivity index (χ4n) is 4.43. The Morgan fingerprint density at radius 3 is 2.36 bits per heavy atom. The highest BCUT2D eigenvalue weighted by molar-refractivity contribution is 5.93. The second-order valence-corrected chi connectivity index (χ2v) is 9.49. The van der Waals surface area contributed by atoms with Crippen molar-refractivity contribution in [3.63, 3.8) is 0 Å². The number of carbonyl (C=O) groups excluding carboxylic acids is 2. The average molecular weight is 494 g/mol. The van der Waals surface area contributed by atoms with Crippen LogP contribution >= 0.6 is 0 Å². The Morgan fingerprint density at radius 2 is 1.69 bits per heavy atom. The van der Waals surface area contributed by atoms with Gasteiger partial charge >= 0.3 is 0 Å². The molecule has 10 heteroatoms. The number of allylic oxidation sites excluding steroid dienone is 2. The molecule has 2 fully saturated rings. The van der Waals surface area contributed by atoms with E-state index in [0.717, 1.165) is 60.9 Å². The topological polar surface area (TPSA) is 118 Å². The fourth-order valence-corrected chi connectivity index (χ4v) is 4.43. The molecule has 0 aliphatic carbocycles. The predicted octanol–water partition coefficient (Wildman–Crippen LogP) is 1.92. The third-order valence-electron chi connectivity index (χ3n) is 6.34. The first-order chi connectivity index (χ1) is 17.4. The Kier molecular flexibility index (Phi) is 8.61. The Bertz CT molecular complexity index is 1090. The van der Waals surface area contributed by atoms with Crippen LogP contribution in [0, 0.1) is 0 Å². The summed E-state index contributed by atoms with van der Waals surface area (Å²) in [6, 6.07) is 4.21. The lowest BCUT2D eigenvalue weighted by molar-refractivity contribution is -0.134. The monoisotopic (exact) mass is 493 g/mol. The maximum absolute atomic E-state index is 12.6. The molecule has 2 aliphatic rings. The fraction of sp³-hybridized carbons (Fsp3) is 0.500. The predicted molar refractivity (Wildman–Crippen MR) is 138 cm³/mol. The summed E-state index contributed by atoms with van der Waals surface area (Å²) in [6.45, 7) is 10.4. The molecule has 36 heavy (non-hydrogen) atoms. The first-order valence-electron chi connectivity index (χ1n) is 12.5. The van der Waals surface area contributed by atoms with E-state index in [1.165, 1.54) is 0 Å². The molecule has 0 atom stereocenters. The van der Waals surface area contributed by atoms with Crippen LogP contribution in [0.1, 0.15) is 32.3 Å². The van der Waals surface area contributed by atoms with E-state index in [1.807, 2.05) is 18.7 Å². The Balaban J connectivity index is 1.40. The van der Waals surface area contributed by atoms with E-state index in [2.05, 4.69) is 31.9 Å². The van der Waals surface area contributed by atoms with Crippen molar-refractivity contribution in [3.05, 3.63) is 41.7 Å². The van der Waals surface area contributed by atoms with Gasteiger partial charge in [-0.3, -0.25) is 14.5 Å². The summed E-state index contributed by atoms with van der Waals surface area (Å²) in [5.74, 6) is 1.21. The van der Waals surface area contributed by atoms with Crippen LogP contribution in [-0.4, -0.2) is 88.9 Å². The van der Waals surface area contributed by atoms with E-state index < -0.39 is 0 Å². The highest BCUT2D eigenvalue weighted by Gasteiger charge is 2.22. The van der Waals surface area contributed by atoms with Crippen molar-refractivity contribution in [1.29, 1.82) is 0 Å². The van der Waals surface area contributed by atoms with Gasteiger partial charge in [-0.25, -0.2) is 15.0 Å². The molecule has 0 spiro atoms. The molecule has 2 N–H and O–H groups in total. The smallest absolute Gasteiger partial charge is 0.223 e. The number of piperazine rings is 1. The molecule has 1 amide bonds. The second-order valence-electron chi connectivity index (χ2n) is 9.49. The lowest BCUT2D eigenvalue weighted by Gasteiger charge is -2.35. The summed E-state index contributed by atoms with van der Waals surface area (Å²) in [5.41, 5.74) is 9.40. The van der Waals surface area contributed by atoms with Gasteiger partial charge in [-0.05, 0) is 37.6 Å². The van der Waals surface area contributed by atoms with Gasteiger partial charge in [-0.15, -0.1) is 0 Å². The number of pyridine rings is 1. The number of hydrogen-bond donors (Lipinski definition) is 1. The highest BCUT2D eigenvalue weighted by Crippen LogP contribution is 2.24. The van der Waals surface area contributed by atoms with Crippen LogP contribution in [0.2, 0.25) is 0 Å². The molecule has 2 aromatic rings. The normalized spacial score (nSPS) is 16.6. The Hall–Kier alpha value is -3.37. The molecule has 2 aliphatic heterocycles. The molecule has 2 aromatic heterocycles. The molecule has 0 radical (unpaired) electrons. The number of rotatable bonds is 8. The molecule has 10 nitrogen and oxygen atoms in total. The maximum atomic E-state index is 12.6. The van der Waals surface area contributed by atoms with Crippen molar-refractivity contribution in [3.8, 4) is 11.3 Å². The van der Waals surface area contributed by atoms with Gasteiger partial charge in [-0.1, -0.05) is 5.57 Å². The summed E-state index contributed by atoms with van der Waals surface area (Å²) < 4.78 is 5.51. The van der Waals surface area contributed by atoms with Crippen LogP contribution < -0.4 is 10.6 Å². The highest BCUT2D eigenvalue weighted by atomic mass is 16.5. The van der Waals surface area contributed by atoms with Gasteiger partial charge < -0.3 is 20.3 Å². The van der Waals surface area contributed by atoms with E-state index in [9.17, 15) is 9.59 Å². The maximum Gasteiger partial charge on any atom is 0.223 e. The van der Waals surface area contributed by atoms with Gasteiger partial charge in [0.1, 0.15) is 5.82 Å². The standard InChI is InChI=1S/C26H35N7O3/c1-19(2)13-22(34)3-4-25(35)33-7-5-31(6-8-33)18-20-14-23(21-16-28-26(27)29-17-21)30-24(15-20)32-9-11-36-12-10-32/h13-17H,3-12,18H2,1-2H3,(H2,27,28,29). The average Bonchev–Trinajstić information content (AvgIpc) is 2.88. The van der Waals surface area contributed by atoms with Crippen molar-refractivity contribution in [2.45, 2.75) is 33.2 Å². The Morgan fingerprint density at radius 1 is 1.00 bits per heavy atom. The molecule has 0 aromatic carbocycles. The summed E-state index contributed by atoms with van der Waals surface area (Å²) in [6.07, 6.45) is 5.54. The van der Waals surface area contributed by atoms with Gasteiger partial charge in [0.15, 0.2) is 5.78 Å². The van der Waals surface area contributed by atoms with Gasteiger partial charge in [0.05, 0.1) is 18.9 Å². The first-order valence-corrected chi connectivity index (χ1v) is 12.5. The number of ketones is 1. The number of ether oxygens (including phenoxy) is 1. The molecule has 0 unspecified atom stereocenters. The minimum atomic E-state index is 0.0121. The molecular formula is C26H35N7O3. The Labute approximate surface area is 212 Å². The number of amides is 1. The van der Waals surface area contributed by atoms with Gasteiger partial charge in [-0.2, -0.15) is 0 Å². The van der Waals surface area contributed by atoms with E-state index >= 15 is 0 Å². The summed E-state index contributed by atoms with van der Waals surface area (Å²) in [4.78, 5) is 44.1. The van der Waals surface area contributed by atoms with Crippen LogP contribution in [0.25, 0.3) is 11.3 Å².